The summed E-state index contributed by atoms with van der Waals surface area (Å²) >= 11 is 0. The highest BCUT2D eigenvalue weighted by molar-refractivity contribution is 5.40. The number of methoxy groups -OCH3 is 2. The van der Waals surface area contributed by atoms with Crippen LogP contribution < -0.4 is 9.47 Å². The highest BCUT2D eigenvalue weighted by atomic mass is 16.5. The molecule has 1 aliphatic heterocycles. The van der Waals surface area contributed by atoms with Crippen LogP contribution >= 0.6 is 0 Å². The largest absolute Gasteiger partial charge is 0.508 e. The van der Waals surface area contributed by atoms with Gasteiger partial charge >= 0.3 is 0 Å². The summed E-state index contributed by atoms with van der Waals surface area (Å²) in [5, 5.41) is 9.51. The van der Waals surface area contributed by atoms with Gasteiger partial charge in [-0.25, -0.2) is 0 Å². The third kappa shape index (κ3) is 5.19. The maximum absolute atomic E-state index is 9.51. The monoisotopic (exact) mass is 418 g/mol. The molecule has 1 saturated heterocycles. The lowest BCUT2D eigenvalue weighted by atomic mass is 9.96. The van der Waals surface area contributed by atoms with Crippen molar-refractivity contribution >= 4 is 0 Å². The van der Waals surface area contributed by atoms with Crippen molar-refractivity contribution < 1.29 is 14.6 Å². The van der Waals surface area contributed by atoms with Crippen molar-refractivity contribution in [3.05, 3.63) is 89.5 Å². The number of hydrogen-bond acceptors (Lipinski definition) is 5. The van der Waals surface area contributed by atoms with E-state index in [1.807, 2.05) is 24.3 Å². The molecule has 1 heterocycles. The SMILES string of the molecule is COc1cccc(C(c2cccc(OC)c2)N2CCN(Cc3ccc(O)cc3)CC2)c1. The zero-order chi connectivity index (χ0) is 21.6. The molecule has 1 aliphatic rings. The minimum Gasteiger partial charge on any atom is -0.508 e. The number of ether oxygens (including phenoxy) is 2. The molecule has 1 fully saturated rings. The van der Waals surface area contributed by atoms with Gasteiger partial charge in [-0.05, 0) is 53.1 Å². The van der Waals surface area contributed by atoms with Crippen molar-refractivity contribution in [2.75, 3.05) is 40.4 Å². The smallest absolute Gasteiger partial charge is 0.119 e. The van der Waals surface area contributed by atoms with E-state index in [1.54, 1.807) is 26.4 Å². The molecule has 0 amide bonds. The molecule has 5 nitrogen and oxygen atoms in total. The number of aromatic hydroxyl groups is 1. The maximum atomic E-state index is 9.51. The Hall–Kier alpha value is -3.02. The summed E-state index contributed by atoms with van der Waals surface area (Å²) in [4.78, 5) is 5.01. The molecular formula is C26H30N2O3. The van der Waals surface area contributed by atoms with Crippen molar-refractivity contribution in [2.45, 2.75) is 12.6 Å². The van der Waals surface area contributed by atoms with Crippen molar-refractivity contribution in [1.29, 1.82) is 0 Å². The van der Waals surface area contributed by atoms with Crippen LogP contribution in [0.25, 0.3) is 0 Å². The summed E-state index contributed by atoms with van der Waals surface area (Å²) < 4.78 is 11.0. The highest BCUT2D eigenvalue weighted by Crippen LogP contribution is 2.33. The average molecular weight is 419 g/mol. The Kier molecular flexibility index (Phi) is 6.75. The lowest BCUT2D eigenvalue weighted by Crippen LogP contribution is -2.47. The van der Waals surface area contributed by atoms with Gasteiger partial charge in [0.1, 0.15) is 17.2 Å². The molecule has 0 aromatic heterocycles. The van der Waals surface area contributed by atoms with Gasteiger partial charge in [-0.3, -0.25) is 9.80 Å². The Morgan fingerprint density at radius 2 is 1.32 bits per heavy atom. The van der Waals surface area contributed by atoms with Crippen LogP contribution in [0.15, 0.2) is 72.8 Å². The van der Waals surface area contributed by atoms with E-state index in [0.717, 1.165) is 44.2 Å². The minimum atomic E-state index is 0.140. The van der Waals surface area contributed by atoms with Gasteiger partial charge in [0.2, 0.25) is 0 Å². The van der Waals surface area contributed by atoms with Gasteiger partial charge in [0.15, 0.2) is 0 Å². The Labute approximate surface area is 184 Å². The molecule has 3 aromatic carbocycles. The van der Waals surface area contributed by atoms with E-state index < -0.39 is 0 Å². The lowest BCUT2D eigenvalue weighted by molar-refractivity contribution is 0.104. The quantitative estimate of drug-likeness (QED) is 0.619. The topological polar surface area (TPSA) is 45.2 Å². The van der Waals surface area contributed by atoms with Crippen LogP contribution in [-0.4, -0.2) is 55.3 Å². The van der Waals surface area contributed by atoms with Gasteiger partial charge in [-0.2, -0.15) is 0 Å². The number of hydrogen-bond donors (Lipinski definition) is 1. The molecule has 4 rings (SSSR count). The summed E-state index contributed by atoms with van der Waals surface area (Å²) in [6, 6.07) is 24.4. The zero-order valence-corrected chi connectivity index (χ0v) is 18.2. The highest BCUT2D eigenvalue weighted by Gasteiger charge is 2.27. The van der Waals surface area contributed by atoms with Gasteiger partial charge in [0, 0.05) is 32.7 Å². The van der Waals surface area contributed by atoms with Crippen LogP contribution in [0.3, 0.4) is 0 Å². The normalized spacial score (nSPS) is 15.2. The fourth-order valence-electron chi connectivity index (χ4n) is 4.28. The third-order valence-electron chi connectivity index (χ3n) is 5.93. The molecule has 0 spiro atoms. The van der Waals surface area contributed by atoms with E-state index in [4.69, 9.17) is 9.47 Å². The van der Waals surface area contributed by atoms with E-state index in [-0.39, 0.29) is 6.04 Å². The molecule has 0 unspecified atom stereocenters. The first kappa shape index (κ1) is 21.2. The first-order valence-electron chi connectivity index (χ1n) is 10.7. The van der Waals surface area contributed by atoms with E-state index in [1.165, 1.54) is 16.7 Å². The maximum Gasteiger partial charge on any atom is 0.119 e. The van der Waals surface area contributed by atoms with Crippen LogP contribution in [0.2, 0.25) is 0 Å². The molecule has 0 saturated carbocycles. The van der Waals surface area contributed by atoms with Gasteiger partial charge < -0.3 is 14.6 Å². The summed E-state index contributed by atoms with van der Waals surface area (Å²) in [6.45, 7) is 4.82. The average Bonchev–Trinajstić information content (AvgIpc) is 2.82. The third-order valence-corrected chi connectivity index (χ3v) is 5.93. The number of benzene rings is 3. The molecule has 1 N–H and O–H groups in total. The van der Waals surface area contributed by atoms with Crippen molar-refractivity contribution in [2.24, 2.45) is 0 Å². The Morgan fingerprint density at radius 1 is 0.774 bits per heavy atom. The number of rotatable bonds is 7. The van der Waals surface area contributed by atoms with E-state index >= 15 is 0 Å². The second-order valence-electron chi connectivity index (χ2n) is 7.93. The summed E-state index contributed by atoms with van der Waals surface area (Å²) in [7, 11) is 3.42. The van der Waals surface area contributed by atoms with Crippen LogP contribution in [0.1, 0.15) is 22.7 Å². The molecule has 162 valence electrons. The fraction of sp³-hybridized carbons (Fsp3) is 0.308. The molecule has 0 bridgehead atoms. The molecule has 0 radical (unpaired) electrons. The number of phenols is 1. The first-order chi connectivity index (χ1) is 15.2. The first-order valence-corrected chi connectivity index (χ1v) is 10.7. The van der Waals surface area contributed by atoms with Crippen LogP contribution in [0.4, 0.5) is 0 Å². The lowest BCUT2D eigenvalue weighted by Gasteiger charge is -2.40. The predicted octanol–water partition coefficient (Wildman–Crippen LogP) is 4.32. The summed E-state index contributed by atoms with van der Waals surface area (Å²) in [5.41, 5.74) is 3.67. The van der Waals surface area contributed by atoms with Crippen LogP contribution in [-0.2, 0) is 6.54 Å². The fourth-order valence-corrected chi connectivity index (χ4v) is 4.28. The molecule has 0 aliphatic carbocycles. The second kappa shape index (κ2) is 9.86. The Balaban J connectivity index is 1.54. The van der Waals surface area contributed by atoms with E-state index in [0.29, 0.717) is 5.75 Å². The van der Waals surface area contributed by atoms with E-state index in [9.17, 15) is 5.11 Å². The Morgan fingerprint density at radius 3 is 1.84 bits per heavy atom. The van der Waals surface area contributed by atoms with Gasteiger partial charge in [0.25, 0.3) is 0 Å². The van der Waals surface area contributed by atoms with Crippen LogP contribution in [0.5, 0.6) is 17.2 Å². The van der Waals surface area contributed by atoms with Gasteiger partial charge in [-0.1, -0.05) is 36.4 Å². The number of nitrogens with zero attached hydrogens (tertiary/aromatic N) is 2. The summed E-state index contributed by atoms with van der Waals surface area (Å²) in [5.74, 6) is 2.06. The second-order valence-corrected chi connectivity index (χ2v) is 7.93. The number of phenolic OH excluding ortho intramolecular Hbond substituents is 1. The van der Waals surface area contributed by atoms with Gasteiger partial charge in [-0.15, -0.1) is 0 Å². The minimum absolute atomic E-state index is 0.140. The summed E-state index contributed by atoms with van der Waals surface area (Å²) in [6.07, 6.45) is 0. The standard InChI is InChI=1S/C26H30N2O3/c1-30-24-7-3-5-21(17-24)26(22-6-4-8-25(18-22)31-2)28-15-13-27(14-16-28)19-20-9-11-23(29)12-10-20/h3-12,17-18,26,29H,13-16,19H2,1-2H3. The van der Waals surface area contributed by atoms with E-state index in [2.05, 4.69) is 46.2 Å². The molecule has 31 heavy (non-hydrogen) atoms. The molecule has 5 heteroatoms. The number of piperazine rings is 1. The molecule has 3 aromatic rings. The molecular weight excluding hydrogens is 388 g/mol. The Bertz CT molecular complexity index is 934. The van der Waals surface area contributed by atoms with Gasteiger partial charge in [0.05, 0.1) is 20.3 Å². The zero-order valence-electron chi connectivity index (χ0n) is 18.2. The van der Waals surface area contributed by atoms with Crippen molar-refractivity contribution in [1.82, 2.24) is 9.80 Å². The predicted molar refractivity (Wildman–Crippen MR) is 123 cm³/mol. The van der Waals surface area contributed by atoms with Crippen LogP contribution in [0, 0.1) is 0 Å². The van der Waals surface area contributed by atoms with Crippen molar-refractivity contribution in [3.8, 4) is 17.2 Å². The van der Waals surface area contributed by atoms with Crippen molar-refractivity contribution in [3.63, 3.8) is 0 Å². The molecule has 0 atom stereocenters.